The number of aliphatic hydroxyl groups excluding tert-OH is 1. The summed E-state index contributed by atoms with van der Waals surface area (Å²) in [7, 11) is 1.27. The van der Waals surface area contributed by atoms with Crippen LogP contribution in [0, 0.1) is 0 Å². The molecule has 1 fully saturated rings. The molecule has 1 aromatic carbocycles. The molecule has 1 atom stereocenters. The van der Waals surface area contributed by atoms with E-state index in [1.54, 1.807) is 12.1 Å². The van der Waals surface area contributed by atoms with Gasteiger partial charge in [0, 0.05) is 17.4 Å². The lowest BCUT2D eigenvalue weighted by Crippen LogP contribution is -2.16. The smallest absolute Gasteiger partial charge is 0.339 e. The maximum Gasteiger partial charge on any atom is 0.339 e. The number of esters is 1. The van der Waals surface area contributed by atoms with E-state index in [4.69, 9.17) is 0 Å². The number of ether oxygens (including phenoxy) is 1. The lowest BCUT2D eigenvalue weighted by atomic mass is 9.99. The van der Waals surface area contributed by atoms with E-state index < -0.39 is 12.1 Å². The second-order valence-corrected chi connectivity index (χ2v) is 4.90. The van der Waals surface area contributed by atoms with Crippen LogP contribution in [0.5, 0.6) is 0 Å². The van der Waals surface area contributed by atoms with Gasteiger partial charge in [0.2, 0.25) is 0 Å². The topological polar surface area (TPSA) is 46.5 Å². The first-order chi connectivity index (χ1) is 7.72. The van der Waals surface area contributed by atoms with Gasteiger partial charge in [0.15, 0.2) is 6.10 Å². The highest BCUT2D eigenvalue weighted by Gasteiger charge is 2.21. The van der Waals surface area contributed by atoms with Crippen LogP contribution >= 0.6 is 11.8 Å². The summed E-state index contributed by atoms with van der Waals surface area (Å²) in [6.45, 7) is 0. The van der Waals surface area contributed by atoms with Gasteiger partial charge in [0.25, 0.3) is 0 Å². The summed E-state index contributed by atoms with van der Waals surface area (Å²) in [4.78, 5) is 11.1. The van der Waals surface area contributed by atoms with Crippen molar-refractivity contribution in [1.29, 1.82) is 0 Å². The van der Waals surface area contributed by atoms with Crippen LogP contribution < -0.4 is 0 Å². The average molecular weight is 238 g/mol. The zero-order chi connectivity index (χ0) is 11.5. The van der Waals surface area contributed by atoms with Gasteiger partial charge in [-0.3, -0.25) is 0 Å². The number of benzene rings is 1. The van der Waals surface area contributed by atoms with E-state index in [1.807, 2.05) is 23.9 Å². The number of rotatable bonds is 3. The molecule has 3 nitrogen and oxygen atoms in total. The lowest BCUT2D eigenvalue weighted by molar-refractivity contribution is -0.150. The van der Waals surface area contributed by atoms with E-state index in [0.29, 0.717) is 11.5 Å². The summed E-state index contributed by atoms with van der Waals surface area (Å²) < 4.78 is 4.48. The molecule has 0 aromatic heterocycles. The van der Waals surface area contributed by atoms with E-state index in [1.165, 1.54) is 24.2 Å². The first-order valence-corrected chi connectivity index (χ1v) is 6.31. The van der Waals surface area contributed by atoms with Crippen molar-refractivity contribution in [3.63, 3.8) is 0 Å². The molecule has 16 heavy (non-hydrogen) atoms. The Labute approximate surface area is 98.8 Å². The maximum absolute atomic E-state index is 11.1. The number of aliphatic hydroxyl groups is 1. The lowest BCUT2D eigenvalue weighted by Gasteiger charge is -2.25. The third-order valence-electron chi connectivity index (χ3n) is 2.79. The Morgan fingerprint density at radius 1 is 1.44 bits per heavy atom. The fourth-order valence-electron chi connectivity index (χ4n) is 1.63. The number of hydrogen-bond donors (Lipinski definition) is 1. The first-order valence-electron chi connectivity index (χ1n) is 5.16. The van der Waals surface area contributed by atoms with Crippen molar-refractivity contribution in [2.24, 2.45) is 0 Å². The number of carbonyl (C=O) groups excluding carboxylic acids is 1. The van der Waals surface area contributed by atoms with Crippen LogP contribution in [0.15, 0.2) is 24.3 Å². The highest BCUT2D eigenvalue weighted by molar-refractivity contribution is 8.00. The van der Waals surface area contributed by atoms with Crippen molar-refractivity contribution in [2.75, 3.05) is 18.6 Å². The van der Waals surface area contributed by atoms with E-state index in [2.05, 4.69) is 4.74 Å². The van der Waals surface area contributed by atoms with Gasteiger partial charge in [-0.05, 0) is 11.1 Å². The summed E-state index contributed by atoms with van der Waals surface area (Å²) in [6.07, 6.45) is -1.17. The molecule has 1 aliphatic rings. The van der Waals surface area contributed by atoms with Crippen molar-refractivity contribution in [2.45, 2.75) is 12.0 Å². The fraction of sp³-hybridized carbons (Fsp3) is 0.417. The Hall–Kier alpha value is -1.00. The van der Waals surface area contributed by atoms with Gasteiger partial charge in [0.05, 0.1) is 7.11 Å². The zero-order valence-corrected chi connectivity index (χ0v) is 9.87. The van der Waals surface area contributed by atoms with Gasteiger partial charge < -0.3 is 9.84 Å². The van der Waals surface area contributed by atoms with Crippen LogP contribution in [0.4, 0.5) is 0 Å². The molecule has 1 aliphatic heterocycles. The van der Waals surface area contributed by atoms with Gasteiger partial charge in [-0.25, -0.2) is 4.79 Å². The molecule has 0 bridgehead atoms. The van der Waals surface area contributed by atoms with Crippen LogP contribution in [0.1, 0.15) is 23.1 Å². The molecule has 1 heterocycles. The molecule has 0 amide bonds. The molecule has 0 saturated carbocycles. The van der Waals surface area contributed by atoms with Gasteiger partial charge in [-0.2, -0.15) is 11.8 Å². The van der Waals surface area contributed by atoms with E-state index in [0.717, 1.165) is 0 Å². The number of carbonyl (C=O) groups is 1. The van der Waals surface area contributed by atoms with Gasteiger partial charge in [-0.1, -0.05) is 24.3 Å². The minimum absolute atomic E-state index is 0.586. The summed E-state index contributed by atoms with van der Waals surface area (Å²) in [5.74, 6) is 2.35. The molecule has 86 valence electrons. The maximum atomic E-state index is 11.1. The highest BCUT2D eigenvalue weighted by atomic mass is 32.2. The van der Waals surface area contributed by atoms with E-state index in [-0.39, 0.29) is 0 Å². The van der Waals surface area contributed by atoms with E-state index in [9.17, 15) is 9.90 Å². The minimum Gasteiger partial charge on any atom is -0.467 e. The minimum atomic E-state index is -1.17. The summed E-state index contributed by atoms with van der Waals surface area (Å²) >= 11 is 1.94. The molecule has 1 unspecified atom stereocenters. The van der Waals surface area contributed by atoms with Crippen LogP contribution in [-0.4, -0.2) is 29.7 Å². The molecular formula is C12H14O3S. The normalized spacial score (nSPS) is 17.6. The third kappa shape index (κ3) is 2.23. The van der Waals surface area contributed by atoms with Crippen molar-refractivity contribution >= 4 is 17.7 Å². The Morgan fingerprint density at radius 3 is 2.50 bits per heavy atom. The van der Waals surface area contributed by atoms with Crippen molar-refractivity contribution < 1.29 is 14.6 Å². The Morgan fingerprint density at radius 2 is 2.06 bits per heavy atom. The van der Waals surface area contributed by atoms with Crippen LogP contribution in [-0.2, 0) is 9.53 Å². The van der Waals surface area contributed by atoms with Gasteiger partial charge >= 0.3 is 5.97 Å². The van der Waals surface area contributed by atoms with Crippen molar-refractivity contribution in [3.05, 3.63) is 35.4 Å². The zero-order valence-electron chi connectivity index (χ0n) is 9.05. The number of methoxy groups -OCH3 is 1. The number of hydrogen-bond acceptors (Lipinski definition) is 4. The molecule has 1 N–H and O–H groups in total. The second kappa shape index (κ2) is 4.89. The van der Waals surface area contributed by atoms with Crippen molar-refractivity contribution in [1.82, 2.24) is 0 Å². The monoisotopic (exact) mass is 238 g/mol. The Kier molecular flexibility index (Phi) is 3.51. The van der Waals surface area contributed by atoms with E-state index >= 15 is 0 Å². The van der Waals surface area contributed by atoms with Crippen LogP contribution in [0.25, 0.3) is 0 Å². The molecule has 2 rings (SSSR count). The summed E-state index contributed by atoms with van der Waals surface area (Å²) in [5.41, 5.74) is 1.86. The first kappa shape index (κ1) is 11.5. The molecule has 4 heteroatoms. The quantitative estimate of drug-likeness (QED) is 0.815. The van der Waals surface area contributed by atoms with Gasteiger partial charge in [0.1, 0.15) is 0 Å². The van der Waals surface area contributed by atoms with Gasteiger partial charge in [-0.15, -0.1) is 0 Å². The van der Waals surface area contributed by atoms with Crippen molar-refractivity contribution in [3.8, 4) is 0 Å². The number of thioether (sulfide) groups is 1. The molecule has 1 aromatic rings. The SMILES string of the molecule is COC(=O)C(O)c1ccc(C2CSC2)cc1. The van der Waals surface area contributed by atoms with Crippen LogP contribution in [0.2, 0.25) is 0 Å². The highest BCUT2D eigenvalue weighted by Crippen LogP contribution is 2.34. The predicted molar refractivity (Wildman–Crippen MR) is 63.5 cm³/mol. The summed E-state index contributed by atoms with van der Waals surface area (Å²) in [5, 5.41) is 9.61. The fourth-order valence-corrected chi connectivity index (χ4v) is 2.48. The Balaban J connectivity index is 2.09. The molecule has 0 aliphatic carbocycles. The molecule has 1 saturated heterocycles. The average Bonchev–Trinajstić information content (AvgIpc) is 2.26. The predicted octanol–water partition coefficient (Wildman–Crippen LogP) is 1.72. The molecular weight excluding hydrogens is 224 g/mol. The summed E-state index contributed by atoms with van der Waals surface area (Å²) in [6, 6.07) is 7.54. The molecule has 0 spiro atoms. The Bertz CT molecular complexity index is 370. The molecule has 0 radical (unpaired) electrons. The second-order valence-electron chi connectivity index (χ2n) is 3.83. The van der Waals surface area contributed by atoms with Crippen LogP contribution in [0.3, 0.4) is 0 Å². The largest absolute Gasteiger partial charge is 0.467 e. The third-order valence-corrected chi connectivity index (χ3v) is 4.06. The standard InChI is InChI=1S/C12H14O3S/c1-15-12(14)11(13)9-4-2-8(3-5-9)10-6-16-7-10/h2-5,10-11,13H,6-7H2,1H3.